The summed E-state index contributed by atoms with van der Waals surface area (Å²) < 4.78 is 13.6. The summed E-state index contributed by atoms with van der Waals surface area (Å²) in [5, 5.41) is 9.92. The number of aromatic nitrogens is 4. The highest BCUT2D eigenvalue weighted by Gasteiger charge is 2.39. The normalized spacial score (nSPS) is 11.2. The van der Waals surface area contributed by atoms with Gasteiger partial charge in [-0.3, -0.25) is 4.68 Å². The van der Waals surface area contributed by atoms with Crippen molar-refractivity contribution < 1.29 is 19.1 Å². The highest BCUT2D eigenvalue weighted by atomic mass is 16.5. The molecule has 0 saturated carbocycles. The molecule has 2 aromatic heterocycles. The van der Waals surface area contributed by atoms with E-state index in [1.54, 1.807) is 12.1 Å². The van der Waals surface area contributed by atoms with Gasteiger partial charge in [0.2, 0.25) is 0 Å². The summed E-state index contributed by atoms with van der Waals surface area (Å²) in [5.74, 6) is -1.40. The predicted octanol–water partition coefficient (Wildman–Crippen LogP) is 7.82. The van der Waals surface area contributed by atoms with Gasteiger partial charge in [0.05, 0.1) is 25.6 Å². The third kappa shape index (κ3) is 5.49. The van der Waals surface area contributed by atoms with Crippen molar-refractivity contribution in [2.45, 2.75) is 5.54 Å². The molecule has 0 radical (unpaired) electrons. The summed E-state index contributed by atoms with van der Waals surface area (Å²) in [6.45, 7) is 0. The molecule has 0 fully saturated rings. The van der Waals surface area contributed by atoms with Gasteiger partial charge >= 0.3 is 11.9 Å². The van der Waals surface area contributed by atoms with Crippen LogP contribution in [0.4, 0.5) is 0 Å². The SMILES string of the molecule is COC(=O)c1c(-c2ccc(-c3ccn(C(c4ccccc4)(c4ccccc4)c4ccccc4)n3)cc2)nn(-c2ccccc2)c1C(=O)OC. The van der Waals surface area contributed by atoms with Crippen LogP contribution in [0, 0.1) is 0 Å². The van der Waals surface area contributed by atoms with E-state index >= 15 is 0 Å². The van der Waals surface area contributed by atoms with Crippen molar-refractivity contribution >= 4 is 11.9 Å². The number of benzene rings is 5. The Hall–Kier alpha value is -6.54. The maximum Gasteiger partial charge on any atom is 0.357 e. The molecule has 8 nitrogen and oxygen atoms in total. The van der Waals surface area contributed by atoms with Gasteiger partial charge in [-0.1, -0.05) is 133 Å². The zero-order valence-electron chi connectivity index (χ0n) is 26.9. The van der Waals surface area contributed by atoms with Crippen LogP contribution in [0.1, 0.15) is 37.5 Å². The molecule has 7 aromatic rings. The first kappa shape index (κ1) is 31.1. The molecular weight excluding hydrogens is 612 g/mol. The molecule has 8 heteroatoms. The number of nitrogens with zero attached hydrogens (tertiary/aromatic N) is 4. The lowest BCUT2D eigenvalue weighted by molar-refractivity contribution is 0.0549. The van der Waals surface area contributed by atoms with Gasteiger partial charge in [0.1, 0.15) is 16.8 Å². The molecular formula is C41H32N4O4. The van der Waals surface area contributed by atoms with Crippen LogP contribution < -0.4 is 0 Å². The number of para-hydroxylation sites is 1. The molecule has 0 aliphatic heterocycles. The lowest BCUT2D eigenvalue weighted by atomic mass is 9.77. The first-order valence-corrected chi connectivity index (χ1v) is 15.7. The average molecular weight is 645 g/mol. The van der Waals surface area contributed by atoms with Gasteiger partial charge in [-0.2, -0.15) is 10.2 Å². The molecule has 0 amide bonds. The molecule has 0 unspecified atom stereocenters. The third-order valence-corrected chi connectivity index (χ3v) is 8.62. The Bertz CT molecular complexity index is 2110. The monoisotopic (exact) mass is 644 g/mol. The highest BCUT2D eigenvalue weighted by Crippen LogP contribution is 2.41. The summed E-state index contributed by atoms with van der Waals surface area (Å²) in [4.78, 5) is 26.2. The maximum absolute atomic E-state index is 13.1. The number of methoxy groups -OCH3 is 2. The number of carbonyl (C=O) groups is 2. The largest absolute Gasteiger partial charge is 0.465 e. The second-order valence-corrected chi connectivity index (χ2v) is 11.3. The van der Waals surface area contributed by atoms with E-state index in [2.05, 4.69) is 36.4 Å². The summed E-state index contributed by atoms with van der Waals surface area (Å²) in [5.41, 5.74) is 5.62. The van der Waals surface area contributed by atoms with E-state index in [-0.39, 0.29) is 11.3 Å². The molecule has 0 N–H and O–H groups in total. The number of hydrogen-bond acceptors (Lipinski definition) is 6. The van der Waals surface area contributed by atoms with Crippen molar-refractivity contribution in [1.29, 1.82) is 0 Å². The van der Waals surface area contributed by atoms with Crippen LogP contribution >= 0.6 is 0 Å². The van der Waals surface area contributed by atoms with Crippen LogP contribution in [-0.2, 0) is 15.0 Å². The average Bonchev–Trinajstić information content (AvgIpc) is 3.83. The second-order valence-electron chi connectivity index (χ2n) is 11.3. The third-order valence-electron chi connectivity index (χ3n) is 8.62. The van der Waals surface area contributed by atoms with Crippen LogP contribution in [0.25, 0.3) is 28.2 Å². The van der Waals surface area contributed by atoms with Gasteiger partial charge in [-0.15, -0.1) is 0 Å². The minimum atomic E-state index is -0.744. The Balaban J connectivity index is 1.34. The van der Waals surface area contributed by atoms with Gasteiger partial charge in [-0.25, -0.2) is 14.3 Å². The summed E-state index contributed by atoms with van der Waals surface area (Å²) in [7, 11) is 2.54. The molecule has 0 atom stereocenters. The zero-order valence-corrected chi connectivity index (χ0v) is 26.9. The minimum Gasteiger partial charge on any atom is -0.465 e. The Labute approximate surface area is 283 Å². The number of esters is 2. The fourth-order valence-corrected chi connectivity index (χ4v) is 6.36. The van der Waals surface area contributed by atoms with Gasteiger partial charge < -0.3 is 9.47 Å². The number of carbonyl (C=O) groups excluding carboxylic acids is 2. The van der Waals surface area contributed by atoms with E-state index in [4.69, 9.17) is 19.7 Å². The zero-order chi connectivity index (χ0) is 33.8. The van der Waals surface area contributed by atoms with Crippen LogP contribution in [0.2, 0.25) is 0 Å². The lowest BCUT2D eigenvalue weighted by Gasteiger charge is -2.36. The van der Waals surface area contributed by atoms with E-state index in [0.29, 0.717) is 16.9 Å². The second kappa shape index (κ2) is 13.3. The van der Waals surface area contributed by atoms with E-state index in [1.165, 1.54) is 18.9 Å². The Kier molecular flexibility index (Phi) is 8.43. The topological polar surface area (TPSA) is 88.2 Å². The minimum absolute atomic E-state index is 0.0163. The molecule has 7 rings (SSSR count). The fraction of sp³-hybridized carbons (Fsp3) is 0.0732. The van der Waals surface area contributed by atoms with Crippen molar-refractivity contribution in [2.24, 2.45) is 0 Å². The standard InChI is InChI=1S/C41H32N4O4/c1-48-39(46)36-37(43-45(38(36)40(47)49-2)34-21-13-6-14-22-34)30-25-23-29(24-26-30)35-27-28-44(42-35)41(31-15-7-3-8-16-31,32-17-9-4-10-18-32)33-19-11-5-12-20-33/h3-28H,1-2H3. The van der Waals surface area contributed by atoms with Crippen LogP contribution in [0.15, 0.2) is 158 Å². The maximum atomic E-state index is 13.1. The molecule has 0 aliphatic rings. The fourth-order valence-electron chi connectivity index (χ4n) is 6.36. The highest BCUT2D eigenvalue weighted by molar-refractivity contribution is 6.06. The molecule has 0 saturated heterocycles. The number of hydrogen-bond donors (Lipinski definition) is 0. The predicted molar refractivity (Wildman–Crippen MR) is 188 cm³/mol. The number of rotatable bonds is 9. The molecule has 49 heavy (non-hydrogen) atoms. The van der Waals surface area contributed by atoms with Crippen LogP contribution in [0.3, 0.4) is 0 Å². The van der Waals surface area contributed by atoms with Crippen molar-refractivity contribution in [3.05, 3.63) is 186 Å². The van der Waals surface area contributed by atoms with E-state index in [0.717, 1.165) is 27.9 Å². The van der Waals surface area contributed by atoms with Gasteiger partial charge in [0.25, 0.3) is 0 Å². The molecule has 5 aromatic carbocycles. The summed E-state index contributed by atoms with van der Waals surface area (Å²) >= 11 is 0. The first-order chi connectivity index (χ1) is 24.1. The molecule has 2 heterocycles. The first-order valence-electron chi connectivity index (χ1n) is 15.7. The van der Waals surface area contributed by atoms with Crippen molar-refractivity contribution in [3.63, 3.8) is 0 Å². The number of ether oxygens (including phenoxy) is 2. The lowest BCUT2D eigenvalue weighted by Crippen LogP contribution is -2.38. The van der Waals surface area contributed by atoms with E-state index in [9.17, 15) is 9.59 Å². The molecule has 0 aliphatic carbocycles. The van der Waals surface area contributed by atoms with Crippen molar-refractivity contribution in [1.82, 2.24) is 19.6 Å². The Morgan fingerprint density at radius 2 is 1.02 bits per heavy atom. The van der Waals surface area contributed by atoms with E-state index in [1.807, 2.05) is 114 Å². The van der Waals surface area contributed by atoms with Crippen molar-refractivity contribution in [3.8, 4) is 28.2 Å². The summed E-state index contributed by atoms with van der Waals surface area (Å²) in [6, 6.07) is 49.8. The Morgan fingerprint density at radius 3 is 1.51 bits per heavy atom. The van der Waals surface area contributed by atoms with Gasteiger partial charge in [0.15, 0.2) is 5.69 Å². The van der Waals surface area contributed by atoms with Crippen LogP contribution in [-0.4, -0.2) is 45.7 Å². The smallest absolute Gasteiger partial charge is 0.357 e. The molecule has 0 bridgehead atoms. The Morgan fingerprint density at radius 1 is 0.551 bits per heavy atom. The summed E-state index contributed by atoms with van der Waals surface area (Å²) in [6.07, 6.45) is 2.01. The van der Waals surface area contributed by atoms with Gasteiger partial charge in [0, 0.05) is 17.3 Å². The van der Waals surface area contributed by atoms with Crippen molar-refractivity contribution in [2.75, 3.05) is 14.2 Å². The van der Waals surface area contributed by atoms with Gasteiger partial charge in [-0.05, 0) is 34.9 Å². The van der Waals surface area contributed by atoms with Crippen LogP contribution in [0.5, 0.6) is 0 Å². The quantitative estimate of drug-likeness (QED) is 0.118. The van der Waals surface area contributed by atoms with E-state index < -0.39 is 17.5 Å². The molecule has 240 valence electrons. The molecule has 0 spiro atoms.